The SMILES string of the molecule is Cc1ccc2c(N)c(C(=O)NCCCCCO)sc2n1. The Hall–Kier alpha value is -1.66. The lowest BCUT2D eigenvalue weighted by molar-refractivity contribution is 0.0957. The fourth-order valence-electron chi connectivity index (χ4n) is 1.95. The van der Waals surface area contributed by atoms with Gasteiger partial charge in [-0.3, -0.25) is 4.79 Å². The van der Waals surface area contributed by atoms with Crippen LogP contribution in [-0.4, -0.2) is 29.1 Å². The fourth-order valence-corrected chi connectivity index (χ4v) is 3.01. The number of pyridine rings is 1. The maximum Gasteiger partial charge on any atom is 0.263 e. The van der Waals surface area contributed by atoms with E-state index >= 15 is 0 Å². The van der Waals surface area contributed by atoms with E-state index in [9.17, 15) is 4.79 Å². The lowest BCUT2D eigenvalue weighted by Crippen LogP contribution is -2.24. The lowest BCUT2D eigenvalue weighted by atomic mass is 10.2. The number of fused-ring (bicyclic) bond motifs is 1. The number of nitrogens with zero attached hydrogens (tertiary/aromatic N) is 1. The molecular weight excluding hydrogens is 274 g/mol. The molecule has 0 aliphatic heterocycles. The van der Waals surface area contributed by atoms with E-state index in [1.165, 1.54) is 11.3 Å². The highest BCUT2D eigenvalue weighted by Crippen LogP contribution is 2.32. The van der Waals surface area contributed by atoms with Crippen LogP contribution >= 0.6 is 11.3 Å². The van der Waals surface area contributed by atoms with E-state index in [1.54, 1.807) is 0 Å². The third-order valence-electron chi connectivity index (χ3n) is 3.06. The molecule has 5 nitrogen and oxygen atoms in total. The summed E-state index contributed by atoms with van der Waals surface area (Å²) >= 11 is 1.33. The molecule has 0 aromatic carbocycles. The van der Waals surface area contributed by atoms with E-state index in [-0.39, 0.29) is 12.5 Å². The number of anilines is 1. The molecule has 0 saturated carbocycles. The number of carbonyl (C=O) groups is 1. The van der Waals surface area contributed by atoms with Gasteiger partial charge in [0.1, 0.15) is 9.71 Å². The molecule has 0 aliphatic carbocycles. The minimum atomic E-state index is -0.146. The molecule has 4 N–H and O–H groups in total. The molecule has 0 spiro atoms. The number of unbranched alkanes of at least 4 members (excludes halogenated alkanes) is 2. The van der Waals surface area contributed by atoms with Gasteiger partial charge in [0.15, 0.2) is 0 Å². The van der Waals surface area contributed by atoms with Crippen molar-refractivity contribution in [2.75, 3.05) is 18.9 Å². The minimum Gasteiger partial charge on any atom is -0.397 e. The highest BCUT2D eigenvalue weighted by atomic mass is 32.1. The molecule has 6 heteroatoms. The van der Waals surface area contributed by atoms with Gasteiger partial charge in [0.2, 0.25) is 0 Å². The standard InChI is InChI=1S/C14H19N3O2S/c1-9-5-6-10-11(15)12(20-14(10)17-9)13(19)16-7-3-2-4-8-18/h5-6,18H,2-4,7-8,15H2,1H3,(H,16,19). The summed E-state index contributed by atoms with van der Waals surface area (Å²) in [5.41, 5.74) is 7.44. The number of aromatic nitrogens is 1. The van der Waals surface area contributed by atoms with Gasteiger partial charge in [-0.05, 0) is 38.3 Å². The van der Waals surface area contributed by atoms with E-state index in [1.807, 2.05) is 19.1 Å². The van der Waals surface area contributed by atoms with Crippen LogP contribution in [0.5, 0.6) is 0 Å². The quantitative estimate of drug-likeness (QED) is 0.711. The number of carbonyl (C=O) groups excluding carboxylic acids is 1. The number of amides is 1. The molecular formula is C14H19N3O2S. The number of aryl methyl sites for hydroxylation is 1. The summed E-state index contributed by atoms with van der Waals surface area (Å²) in [5, 5.41) is 12.4. The van der Waals surface area contributed by atoms with Gasteiger partial charge in [-0.2, -0.15) is 0 Å². The number of hydrogen-bond acceptors (Lipinski definition) is 5. The van der Waals surface area contributed by atoms with Crippen molar-refractivity contribution in [3.8, 4) is 0 Å². The molecule has 0 radical (unpaired) electrons. The van der Waals surface area contributed by atoms with Crippen LogP contribution in [-0.2, 0) is 0 Å². The Balaban J connectivity index is 2.04. The van der Waals surface area contributed by atoms with E-state index in [4.69, 9.17) is 10.8 Å². The van der Waals surface area contributed by atoms with Crippen LogP contribution < -0.4 is 11.1 Å². The normalized spacial score (nSPS) is 10.9. The zero-order chi connectivity index (χ0) is 14.5. The van der Waals surface area contributed by atoms with Crippen LogP contribution in [0.25, 0.3) is 10.2 Å². The van der Waals surface area contributed by atoms with Gasteiger partial charge in [-0.1, -0.05) is 0 Å². The first kappa shape index (κ1) is 14.7. The van der Waals surface area contributed by atoms with Crippen molar-refractivity contribution >= 4 is 33.1 Å². The molecule has 0 saturated heterocycles. The largest absolute Gasteiger partial charge is 0.397 e. The monoisotopic (exact) mass is 293 g/mol. The van der Waals surface area contributed by atoms with Gasteiger partial charge >= 0.3 is 0 Å². The Kier molecular flexibility index (Phi) is 4.92. The number of nitrogens with two attached hydrogens (primary N) is 1. The third-order valence-corrected chi connectivity index (χ3v) is 4.17. The van der Waals surface area contributed by atoms with Crippen LogP contribution in [0.3, 0.4) is 0 Å². The molecule has 0 unspecified atom stereocenters. The van der Waals surface area contributed by atoms with E-state index in [0.717, 1.165) is 35.2 Å². The zero-order valence-corrected chi connectivity index (χ0v) is 12.3. The molecule has 0 atom stereocenters. The third kappa shape index (κ3) is 3.26. The topological polar surface area (TPSA) is 88.2 Å². The molecule has 20 heavy (non-hydrogen) atoms. The van der Waals surface area contributed by atoms with Crippen LogP contribution in [0.15, 0.2) is 12.1 Å². The summed E-state index contributed by atoms with van der Waals surface area (Å²) in [4.78, 5) is 17.8. The van der Waals surface area contributed by atoms with Crippen molar-refractivity contribution in [1.29, 1.82) is 0 Å². The number of aliphatic hydroxyl groups excluding tert-OH is 1. The van der Waals surface area contributed by atoms with E-state index in [0.29, 0.717) is 17.1 Å². The molecule has 0 bridgehead atoms. The molecule has 0 aliphatic rings. The summed E-state index contributed by atoms with van der Waals surface area (Å²) in [6.45, 7) is 2.71. The van der Waals surface area contributed by atoms with Crippen LogP contribution in [0.1, 0.15) is 34.6 Å². The molecule has 108 valence electrons. The molecule has 0 fully saturated rings. The second kappa shape index (κ2) is 6.67. The average Bonchev–Trinajstić information content (AvgIpc) is 2.75. The zero-order valence-electron chi connectivity index (χ0n) is 11.5. The van der Waals surface area contributed by atoms with Crippen molar-refractivity contribution in [3.05, 3.63) is 22.7 Å². The molecule has 2 heterocycles. The van der Waals surface area contributed by atoms with E-state index in [2.05, 4.69) is 10.3 Å². The molecule has 2 rings (SSSR count). The molecule has 1 amide bonds. The molecule has 2 aromatic rings. The average molecular weight is 293 g/mol. The first-order valence-electron chi connectivity index (χ1n) is 6.68. The number of aliphatic hydroxyl groups is 1. The number of rotatable bonds is 6. The van der Waals surface area contributed by atoms with Gasteiger partial charge in [-0.25, -0.2) is 4.98 Å². The van der Waals surface area contributed by atoms with Crippen molar-refractivity contribution < 1.29 is 9.90 Å². The number of hydrogen-bond donors (Lipinski definition) is 3. The van der Waals surface area contributed by atoms with Gasteiger partial charge < -0.3 is 16.2 Å². The summed E-state index contributed by atoms with van der Waals surface area (Å²) in [5.74, 6) is -0.146. The number of nitrogens with one attached hydrogen (secondary N) is 1. The van der Waals surface area contributed by atoms with Crippen LogP contribution in [0.4, 0.5) is 5.69 Å². The van der Waals surface area contributed by atoms with Crippen LogP contribution in [0.2, 0.25) is 0 Å². The highest BCUT2D eigenvalue weighted by molar-refractivity contribution is 7.21. The maximum absolute atomic E-state index is 12.1. The van der Waals surface area contributed by atoms with Crippen molar-refractivity contribution in [3.63, 3.8) is 0 Å². The Bertz CT molecular complexity index is 610. The number of nitrogen functional groups attached to an aromatic ring is 1. The fraction of sp³-hybridized carbons (Fsp3) is 0.429. The van der Waals surface area contributed by atoms with Gasteiger partial charge in [0, 0.05) is 24.2 Å². The Morgan fingerprint density at radius 3 is 2.95 bits per heavy atom. The van der Waals surface area contributed by atoms with E-state index < -0.39 is 0 Å². The Morgan fingerprint density at radius 2 is 2.20 bits per heavy atom. The van der Waals surface area contributed by atoms with Crippen molar-refractivity contribution in [2.45, 2.75) is 26.2 Å². The second-order valence-corrected chi connectivity index (χ2v) is 5.69. The summed E-state index contributed by atoms with van der Waals surface area (Å²) < 4.78 is 0. The minimum absolute atomic E-state index is 0.146. The van der Waals surface area contributed by atoms with Crippen LogP contribution in [0, 0.1) is 6.92 Å². The smallest absolute Gasteiger partial charge is 0.263 e. The van der Waals surface area contributed by atoms with Crippen molar-refractivity contribution in [2.24, 2.45) is 0 Å². The summed E-state index contributed by atoms with van der Waals surface area (Å²) in [6.07, 6.45) is 2.53. The Labute approximate surface area is 121 Å². The van der Waals surface area contributed by atoms with Gasteiger partial charge in [0.05, 0.1) is 5.69 Å². The maximum atomic E-state index is 12.1. The highest BCUT2D eigenvalue weighted by Gasteiger charge is 2.16. The summed E-state index contributed by atoms with van der Waals surface area (Å²) in [6, 6.07) is 3.80. The van der Waals surface area contributed by atoms with Crippen molar-refractivity contribution in [1.82, 2.24) is 10.3 Å². The van der Waals surface area contributed by atoms with Gasteiger partial charge in [-0.15, -0.1) is 11.3 Å². The number of thiophene rings is 1. The summed E-state index contributed by atoms with van der Waals surface area (Å²) in [7, 11) is 0. The second-order valence-electron chi connectivity index (χ2n) is 4.69. The lowest BCUT2D eigenvalue weighted by Gasteiger charge is -2.03. The predicted molar refractivity (Wildman–Crippen MR) is 82.0 cm³/mol. The van der Waals surface area contributed by atoms with Gasteiger partial charge in [0.25, 0.3) is 5.91 Å². The first-order valence-corrected chi connectivity index (χ1v) is 7.50. The predicted octanol–water partition coefficient (Wildman–Crippen LogP) is 2.08. The first-order chi connectivity index (χ1) is 9.63. The molecule has 2 aromatic heterocycles. The Morgan fingerprint density at radius 1 is 1.40 bits per heavy atom.